The maximum absolute atomic E-state index is 12.6. The van der Waals surface area contributed by atoms with Gasteiger partial charge >= 0.3 is 5.97 Å². The maximum atomic E-state index is 12.6. The van der Waals surface area contributed by atoms with Gasteiger partial charge in [-0.1, -0.05) is 48.9 Å². The van der Waals surface area contributed by atoms with Gasteiger partial charge in [-0.3, -0.25) is 14.9 Å². The minimum Gasteiger partial charge on any atom is -0.469 e. The second kappa shape index (κ2) is 9.01. The Morgan fingerprint density at radius 2 is 1.89 bits per heavy atom. The van der Waals surface area contributed by atoms with Crippen molar-refractivity contribution in [2.45, 2.75) is 36.1 Å². The molecule has 1 heterocycles. The van der Waals surface area contributed by atoms with E-state index < -0.39 is 5.92 Å². The number of para-hydroxylation sites is 1. The van der Waals surface area contributed by atoms with Gasteiger partial charge in [-0.05, 0) is 36.4 Å². The minimum absolute atomic E-state index is 0.0844. The molecule has 142 valence electrons. The largest absolute Gasteiger partial charge is 0.469 e. The highest BCUT2D eigenvalue weighted by Gasteiger charge is 2.37. The van der Waals surface area contributed by atoms with Crippen LogP contribution in [0.4, 0.5) is 5.69 Å². The molecule has 0 saturated carbocycles. The first-order chi connectivity index (χ1) is 13.1. The molecule has 2 unspecified atom stereocenters. The molecule has 0 amide bonds. The van der Waals surface area contributed by atoms with Gasteiger partial charge in [-0.25, -0.2) is 4.31 Å². The number of carbonyl (C=O) groups excluding carboxylic acids is 1. The third-order valence-electron chi connectivity index (χ3n) is 4.77. The number of nitro benzene ring substituents is 1. The summed E-state index contributed by atoms with van der Waals surface area (Å²) in [6.07, 6.45) is 2.84. The van der Waals surface area contributed by atoms with Crippen molar-refractivity contribution in [1.82, 2.24) is 4.31 Å². The third kappa shape index (κ3) is 4.48. The number of benzene rings is 2. The van der Waals surface area contributed by atoms with Gasteiger partial charge < -0.3 is 4.74 Å². The van der Waals surface area contributed by atoms with E-state index in [4.69, 9.17) is 4.74 Å². The summed E-state index contributed by atoms with van der Waals surface area (Å²) >= 11 is 1.36. The fourth-order valence-corrected chi connectivity index (χ4v) is 4.70. The molecule has 0 aliphatic carbocycles. The number of nitrogens with zero attached hydrogens (tertiary/aromatic N) is 2. The quantitative estimate of drug-likeness (QED) is 0.317. The van der Waals surface area contributed by atoms with E-state index in [0.717, 1.165) is 31.4 Å². The zero-order valence-corrected chi connectivity index (χ0v) is 15.9. The molecule has 0 bridgehead atoms. The number of hydrogen-bond donors (Lipinski definition) is 0. The number of nitro groups is 1. The third-order valence-corrected chi connectivity index (χ3v) is 6.00. The van der Waals surface area contributed by atoms with Crippen LogP contribution in [0.2, 0.25) is 0 Å². The second-order valence-electron chi connectivity index (χ2n) is 6.43. The summed E-state index contributed by atoms with van der Waals surface area (Å²) in [6.45, 7) is 0.766. The number of carbonyl (C=O) groups is 1. The standard InChI is InChI=1S/C20H22N2O4S/c1-26-20(23)19(15-9-3-2-4-10-15)17-12-7-8-14-21(17)27-18-13-6-5-11-16(18)22(24)25/h2-6,9-11,13,17,19H,7-8,12,14H2,1H3. The van der Waals surface area contributed by atoms with E-state index in [9.17, 15) is 14.9 Å². The lowest BCUT2D eigenvalue weighted by atomic mass is 9.86. The predicted molar refractivity (Wildman–Crippen MR) is 104 cm³/mol. The summed E-state index contributed by atoms with van der Waals surface area (Å²) in [5.41, 5.74) is 0.991. The molecule has 1 fully saturated rings. The van der Waals surface area contributed by atoms with E-state index >= 15 is 0 Å². The van der Waals surface area contributed by atoms with Crippen LogP contribution < -0.4 is 0 Å². The van der Waals surface area contributed by atoms with Gasteiger partial charge in [0.15, 0.2) is 0 Å². The molecule has 2 aromatic rings. The van der Waals surface area contributed by atoms with Crippen LogP contribution in [0.25, 0.3) is 0 Å². The number of rotatable bonds is 6. The minimum atomic E-state index is -0.424. The molecule has 1 aliphatic rings. The Labute approximate surface area is 162 Å². The lowest BCUT2D eigenvalue weighted by Crippen LogP contribution is -2.42. The molecule has 1 aliphatic heterocycles. The Morgan fingerprint density at radius 3 is 2.59 bits per heavy atom. The molecule has 0 aromatic heterocycles. The SMILES string of the molecule is COC(=O)C(c1ccccc1)C1CCCCN1Sc1ccccc1[N+](=O)[O-]. The van der Waals surface area contributed by atoms with Gasteiger partial charge in [0.25, 0.3) is 5.69 Å². The van der Waals surface area contributed by atoms with E-state index in [2.05, 4.69) is 4.31 Å². The Morgan fingerprint density at radius 1 is 1.19 bits per heavy atom. The van der Waals surface area contributed by atoms with Crippen molar-refractivity contribution in [1.29, 1.82) is 0 Å². The molecular weight excluding hydrogens is 364 g/mol. The zero-order chi connectivity index (χ0) is 19.2. The number of ether oxygens (including phenoxy) is 1. The zero-order valence-electron chi connectivity index (χ0n) is 15.1. The van der Waals surface area contributed by atoms with Crippen molar-refractivity contribution in [2.24, 2.45) is 0 Å². The van der Waals surface area contributed by atoms with Crippen molar-refractivity contribution in [3.8, 4) is 0 Å². The van der Waals surface area contributed by atoms with Crippen molar-refractivity contribution in [3.05, 3.63) is 70.3 Å². The van der Waals surface area contributed by atoms with Crippen LogP contribution >= 0.6 is 11.9 Å². The van der Waals surface area contributed by atoms with Gasteiger partial charge in [0, 0.05) is 18.7 Å². The fraction of sp³-hybridized carbons (Fsp3) is 0.350. The number of esters is 1. The van der Waals surface area contributed by atoms with Crippen molar-refractivity contribution in [2.75, 3.05) is 13.7 Å². The Hall–Kier alpha value is -2.38. The first kappa shape index (κ1) is 19.4. The first-order valence-corrected chi connectivity index (χ1v) is 9.70. The van der Waals surface area contributed by atoms with Crippen LogP contribution in [0.15, 0.2) is 59.5 Å². The van der Waals surface area contributed by atoms with Gasteiger partial charge in [0.2, 0.25) is 0 Å². The van der Waals surface area contributed by atoms with Gasteiger partial charge in [-0.15, -0.1) is 0 Å². The lowest BCUT2D eigenvalue weighted by molar-refractivity contribution is -0.387. The van der Waals surface area contributed by atoms with Crippen LogP contribution in [-0.2, 0) is 9.53 Å². The molecule has 6 nitrogen and oxygen atoms in total. The summed E-state index contributed by atoms with van der Waals surface area (Å²) < 4.78 is 7.21. The molecule has 27 heavy (non-hydrogen) atoms. The van der Waals surface area contributed by atoms with E-state index in [1.807, 2.05) is 30.3 Å². The highest BCUT2D eigenvalue weighted by molar-refractivity contribution is 7.97. The Kier molecular flexibility index (Phi) is 6.47. The van der Waals surface area contributed by atoms with Crippen LogP contribution in [-0.4, -0.2) is 34.9 Å². The van der Waals surface area contributed by atoms with Crippen LogP contribution in [0.5, 0.6) is 0 Å². The van der Waals surface area contributed by atoms with Crippen molar-refractivity contribution >= 4 is 23.6 Å². The normalized spacial score (nSPS) is 18.6. The highest BCUT2D eigenvalue weighted by Crippen LogP contribution is 2.40. The fourth-order valence-electron chi connectivity index (χ4n) is 3.49. The van der Waals surface area contributed by atoms with E-state index in [1.165, 1.54) is 25.1 Å². The summed E-state index contributed by atoms with van der Waals surface area (Å²) in [7, 11) is 1.40. The topological polar surface area (TPSA) is 72.7 Å². The van der Waals surface area contributed by atoms with E-state index in [-0.39, 0.29) is 22.6 Å². The summed E-state index contributed by atoms with van der Waals surface area (Å²) in [4.78, 5) is 24.2. The Balaban J connectivity index is 1.92. The molecule has 0 spiro atoms. The van der Waals surface area contributed by atoms with Crippen LogP contribution in [0.3, 0.4) is 0 Å². The molecule has 1 saturated heterocycles. The highest BCUT2D eigenvalue weighted by atomic mass is 32.2. The van der Waals surface area contributed by atoms with E-state index in [1.54, 1.807) is 18.2 Å². The molecule has 2 aromatic carbocycles. The lowest BCUT2D eigenvalue weighted by Gasteiger charge is -2.38. The average molecular weight is 386 g/mol. The average Bonchev–Trinajstić information content (AvgIpc) is 2.70. The van der Waals surface area contributed by atoms with Gasteiger partial charge in [0.1, 0.15) is 4.90 Å². The van der Waals surface area contributed by atoms with Gasteiger partial charge in [-0.2, -0.15) is 0 Å². The number of piperidine rings is 1. The molecule has 2 atom stereocenters. The molecule has 3 rings (SSSR count). The van der Waals surface area contributed by atoms with Crippen LogP contribution in [0, 0.1) is 10.1 Å². The number of methoxy groups -OCH3 is 1. The van der Waals surface area contributed by atoms with Crippen molar-refractivity contribution in [3.63, 3.8) is 0 Å². The summed E-state index contributed by atoms with van der Waals surface area (Å²) in [5, 5.41) is 11.4. The summed E-state index contributed by atoms with van der Waals surface area (Å²) in [6, 6.07) is 16.2. The number of hydrogen-bond acceptors (Lipinski definition) is 6. The molecule has 7 heteroatoms. The molecule has 0 N–H and O–H groups in total. The smallest absolute Gasteiger partial charge is 0.314 e. The molecular formula is C20H22N2O4S. The monoisotopic (exact) mass is 386 g/mol. The van der Waals surface area contributed by atoms with E-state index in [0.29, 0.717) is 4.90 Å². The van der Waals surface area contributed by atoms with Crippen molar-refractivity contribution < 1.29 is 14.5 Å². The molecule has 0 radical (unpaired) electrons. The van der Waals surface area contributed by atoms with Crippen LogP contribution in [0.1, 0.15) is 30.7 Å². The maximum Gasteiger partial charge on any atom is 0.314 e. The second-order valence-corrected chi connectivity index (χ2v) is 7.52. The van der Waals surface area contributed by atoms with Gasteiger partial charge in [0.05, 0.1) is 18.0 Å². The first-order valence-electron chi connectivity index (χ1n) is 8.92. The predicted octanol–water partition coefficient (Wildman–Crippen LogP) is 4.41. The Bertz CT molecular complexity index is 800. The summed E-state index contributed by atoms with van der Waals surface area (Å²) in [5.74, 6) is -0.701.